The maximum atomic E-state index is 14.3. The van der Waals surface area contributed by atoms with Crippen LogP contribution in [0.1, 0.15) is 70.3 Å². The molecule has 1 atom stereocenters. The van der Waals surface area contributed by atoms with Crippen molar-refractivity contribution in [1.29, 1.82) is 0 Å². The van der Waals surface area contributed by atoms with Gasteiger partial charge < -0.3 is 15.1 Å². The largest absolute Gasteiger partial charge is 0.335 e. The number of hydrogen-bond acceptors (Lipinski definition) is 6. The Labute approximate surface area is 268 Å². The van der Waals surface area contributed by atoms with Gasteiger partial charge in [-0.3, -0.25) is 0 Å². The molecule has 3 fully saturated rings. The second-order valence-corrected chi connectivity index (χ2v) is 17.6. The number of hydrogen-bond donors (Lipinski definition) is 1. The lowest BCUT2D eigenvalue weighted by atomic mass is 9.78. The van der Waals surface area contributed by atoms with Gasteiger partial charge in [0.1, 0.15) is 11.6 Å². The Balaban J connectivity index is 1.34. The van der Waals surface area contributed by atoms with Crippen LogP contribution < -0.4 is 5.32 Å². The summed E-state index contributed by atoms with van der Waals surface area (Å²) < 4.78 is 79.3. The van der Waals surface area contributed by atoms with Gasteiger partial charge in [-0.25, -0.2) is 39.0 Å². The number of nitrogens with one attached hydrogen (secondary N) is 1. The zero-order valence-corrected chi connectivity index (χ0v) is 28.8. The number of nitrogens with zero attached hydrogens (tertiary/aromatic N) is 4. The molecule has 3 aliphatic rings. The molecule has 1 aromatic carbocycles. The van der Waals surface area contributed by atoms with Crippen LogP contribution in [0.3, 0.4) is 0 Å². The molecule has 256 valence electrons. The van der Waals surface area contributed by atoms with E-state index < -0.39 is 31.7 Å². The van der Waals surface area contributed by atoms with Crippen molar-refractivity contribution in [3.63, 3.8) is 0 Å². The molecule has 0 bridgehead atoms. The molecule has 1 aromatic rings. The molecule has 1 N–H and O–H groups in total. The van der Waals surface area contributed by atoms with Crippen LogP contribution in [0.25, 0.3) is 0 Å². The highest BCUT2D eigenvalue weighted by Gasteiger charge is 2.34. The summed E-state index contributed by atoms with van der Waals surface area (Å²) in [6.45, 7) is 8.81. The van der Waals surface area contributed by atoms with Gasteiger partial charge in [0.2, 0.25) is 20.0 Å². The molecule has 4 rings (SSSR count). The molecule has 3 aliphatic heterocycles. The van der Waals surface area contributed by atoms with Crippen molar-refractivity contribution in [3.05, 3.63) is 35.4 Å². The first-order chi connectivity index (χ1) is 21.1. The summed E-state index contributed by atoms with van der Waals surface area (Å²) in [4.78, 5) is 17.8. The van der Waals surface area contributed by atoms with E-state index in [1.54, 1.807) is 0 Å². The Hall–Kier alpha value is -1.87. The summed E-state index contributed by atoms with van der Waals surface area (Å²) >= 11 is 0. The smallest absolute Gasteiger partial charge is 0.317 e. The van der Waals surface area contributed by atoms with Crippen molar-refractivity contribution < 1.29 is 30.4 Å². The third kappa shape index (κ3) is 10.3. The highest BCUT2D eigenvalue weighted by Crippen LogP contribution is 2.37. The van der Waals surface area contributed by atoms with Gasteiger partial charge in [-0.1, -0.05) is 13.8 Å². The SMILES string of the molecule is CC(C)CN(C(=O)NC1CCN(S(C)(=O)=O)CC1)C1CCN(CC[C@@H](c2cc(F)cc(F)c2)C2CCN(S(C)(=O)=O)CC2)CC1. The molecule has 0 spiro atoms. The molecule has 0 saturated carbocycles. The summed E-state index contributed by atoms with van der Waals surface area (Å²) in [6, 6.07) is 3.66. The van der Waals surface area contributed by atoms with E-state index in [4.69, 9.17) is 0 Å². The van der Waals surface area contributed by atoms with E-state index in [9.17, 15) is 30.4 Å². The van der Waals surface area contributed by atoms with Crippen molar-refractivity contribution in [2.45, 2.75) is 76.8 Å². The van der Waals surface area contributed by atoms with E-state index in [0.717, 1.165) is 38.5 Å². The molecule has 10 nitrogen and oxygen atoms in total. The molecule has 0 aromatic heterocycles. The van der Waals surface area contributed by atoms with Crippen LogP contribution in [-0.4, -0.2) is 118 Å². The summed E-state index contributed by atoms with van der Waals surface area (Å²) in [5, 5.41) is 3.17. The Bertz CT molecular complexity index is 1340. The standard InChI is InChI=1S/C31H51F2N5O5S2/c1-23(2)22-38(31(39)34-28-7-17-37(18-8-28)45(4,42)43)29-9-12-35(13-10-29)14-11-30(25-19-26(32)21-27(33)20-25)24-5-15-36(16-6-24)44(3,40)41/h19-21,23-24,28-30H,5-18,22H2,1-4H3,(H,34,39)/t30-/m1/s1. The fourth-order valence-corrected chi connectivity index (χ4v) is 8.98. The van der Waals surface area contributed by atoms with Crippen LogP contribution in [0.5, 0.6) is 0 Å². The first kappa shape index (κ1) is 36.0. The van der Waals surface area contributed by atoms with Crippen molar-refractivity contribution in [2.24, 2.45) is 11.8 Å². The van der Waals surface area contributed by atoms with Gasteiger partial charge in [0.15, 0.2) is 0 Å². The second kappa shape index (κ2) is 15.4. The summed E-state index contributed by atoms with van der Waals surface area (Å²) in [5.74, 6) is -0.881. The van der Waals surface area contributed by atoms with E-state index >= 15 is 0 Å². The van der Waals surface area contributed by atoms with Gasteiger partial charge in [-0.15, -0.1) is 0 Å². The average molecular weight is 676 g/mol. The van der Waals surface area contributed by atoms with Gasteiger partial charge in [0.25, 0.3) is 0 Å². The molecule has 45 heavy (non-hydrogen) atoms. The van der Waals surface area contributed by atoms with Crippen molar-refractivity contribution >= 4 is 26.1 Å². The predicted molar refractivity (Wildman–Crippen MR) is 172 cm³/mol. The molecule has 3 heterocycles. The molecule has 0 radical (unpaired) electrons. The minimum Gasteiger partial charge on any atom is -0.335 e. The maximum Gasteiger partial charge on any atom is 0.317 e. The quantitative estimate of drug-likeness (QED) is 0.384. The van der Waals surface area contributed by atoms with E-state index in [2.05, 4.69) is 24.1 Å². The van der Waals surface area contributed by atoms with E-state index in [-0.39, 0.29) is 30.0 Å². The van der Waals surface area contributed by atoms with E-state index in [1.165, 1.54) is 33.3 Å². The van der Waals surface area contributed by atoms with E-state index in [1.807, 2.05) is 4.90 Å². The van der Waals surface area contributed by atoms with Gasteiger partial charge in [-0.2, -0.15) is 0 Å². The molecule has 3 saturated heterocycles. The lowest BCUT2D eigenvalue weighted by molar-refractivity contribution is 0.106. The number of benzene rings is 1. The Morgan fingerprint density at radius 3 is 1.84 bits per heavy atom. The number of rotatable bonds is 11. The number of urea groups is 1. The van der Waals surface area contributed by atoms with Crippen molar-refractivity contribution in [2.75, 3.05) is 64.9 Å². The second-order valence-electron chi connectivity index (χ2n) is 13.6. The van der Waals surface area contributed by atoms with Gasteiger partial charge >= 0.3 is 6.03 Å². The summed E-state index contributed by atoms with van der Waals surface area (Å²) in [6.07, 6.45) is 7.25. The van der Waals surface area contributed by atoms with E-state index in [0.29, 0.717) is 76.3 Å². The highest BCUT2D eigenvalue weighted by atomic mass is 32.2. The number of sulfonamides is 2. The molecule has 0 aliphatic carbocycles. The van der Waals surface area contributed by atoms with Crippen LogP contribution in [0.4, 0.5) is 13.6 Å². The van der Waals surface area contributed by atoms with Crippen molar-refractivity contribution in [3.8, 4) is 0 Å². The Kier molecular flexibility index (Phi) is 12.3. The zero-order valence-electron chi connectivity index (χ0n) is 27.1. The normalized spacial score (nSPS) is 21.7. The van der Waals surface area contributed by atoms with Gasteiger partial charge in [0, 0.05) is 64.0 Å². The summed E-state index contributed by atoms with van der Waals surface area (Å²) in [7, 11) is -6.50. The lowest BCUT2D eigenvalue weighted by Gasteiger charge is -2.41. The topological polar surface area (TPSA) is 110 Å². The molecule has 0 unspecified atom stereocenters. The number of carbonyl (C=O) groups excluding carboxylic acids is 1. The maximum absolute atomic E-state index is 14.3. The third-order valence-electron chi connectivity index (χ3n) is 9.68. The third-order valence-corrected chi connectivity index (χ3v) is 12.3. The number of piperidine rings is 3. The fourth-order valence-electron chi connectivity index (χ4n) is 7.23. The predicted octanol–water partition coefficient (Wildman–Crippen LogP) is 3.67. The summed E-state index contributed by atoms with van der Waals surface area (Å²) in [5.41, 5.74) is 0.627. The average Bonchev–Trinajstić information content (AvgIpc) is 2.95. The zero-order chi connectivity index (χ0) is 32.9. The Morgan fingerprint density at radius 1 is 0.844 bits per heavy atom. The highest BCUT2D eigenvalue weighted by molar-refractivity contribution is 7.88. The van der Waals surface area contributed by atoms with Crippen LogP contribution in [-0.2, 0) is 20.0 Å². The number of carbonyl (C=O) groups is 1. The number of likely N-dealkylation sites (tertiary alicyclic amines) is 1. The van der Waals surface area contributed by atoms with Crippen LogP contribution >= 0.6 is 0 Å². The fraction of sp³-hybridized carbons (Fsp3) is 0.774. The molecule has 2 amide bonds. The minimum absolute atomic E-state index is 0.0563. The van der Waals surface area contributed by atoms with Gasteiger partial charge in [-0.05, 0) is 86.9 Å². The minimum atomic E-state index is -3.28. The monoisotopic (exact) mass is 675 g/mol. The van der Waals surface area contributed by atoms with Crippen LogP contribution in [0, 0.1) is 23.5 Å². The Morgan fingerprint density at radius 2 is 1.36 bits per heavy atom. The number of halogens is 2. The van der Waals surface area contributed by atoms with Crippen LogP contribution in [0.2, 0.25) is 0 Å². The first-order valence-corrected chi connectivity index (χ1v) is 20.0. The van der Waals surface area contributed by atoms with Crippen LogP contribution in [0.15, 0.2) is 18.2 Å². The molecular formula is C31H51F2N5O5S2. The number of amides is 2. The first-order valence-electron chi connectivity index (χ1n) is 16.3. The van der Waals surface area contributed by atoms with Crippen molar-refractivity contribution in [1.82, 2.24) is 23.7 Å². The van der Waals surface area contributed by atoms with Gasteiger partial charge in [0.05, 0.1) is 12.5 Å². The molecular weight excluding hydrogens is 625 g/mol. The lowest BCUT2D eigenvalue weighted by Crippen LogP contribution is -2.55. The molecule has 14 heteroatoms.